The smallest absolute Gasteiger partial charge is 0.266 e. The number of carbonyl (C=O) groups excluding carboxylic acids is 2. The van der Waals surface area contributed by atoms with Crippen LogP contribution in [0, 0.1) is 6.92 Å². The second-order valence-corrected chi connectivity index (χ2v) is 6.08. The summed E-state index contributed by atoms with van der Waals surface area (Å²) in [5, 5.41) is 7.31. The van der Waals surface area contributed by atoms with E-state index >= 15 is 0 Å². The summed E-state index contributed by atoms with van der Waals surface area (Å²) in [6.45, 7) is 3.60. The molecule has 128 valence electrons. The summed E-state index contributed by atoms with van der Waals surface area (Å²) in [6, 6.07) is 7.39. The predicted molar refractivity (Wildman–Crippen MR) is 93.4 cm³/mol. The minimum atomic E-state index is -0.749. The summed E-state index contributed by atoms with van der Waals surface area (Å²) in [5.41, 5.74) is 6.70. The van der Waals surface area contributed by atoms with Gasteiger partial charge in [-0.05, 0) is 32.2 Å². The first-order valence-electron chi connectivity index (χ1n) is 7.28. The molecule has 2 aromatic rings. The van der Waals surface area contributed by atoms with Crippen molar-refractivity contribution in [2.45, 2.75) is 25.0 Å². The van der Waals surface area contributed by atoms with Crippen LogP contribution in [0.15, 0.2) is 29.3 Å². The minimum absolute atomic E-state index is 0.195. The van der Waals surface area contributed by atoms with E-state index in [0.29, 0.717) is 10.8 Å². The Morgan fingerprint density at radius 2 is 1.96 bits per heavy atom. The van der Waals surface area contributed by atoms with Crippen molar-refractivity contribution < 1.29 is 14.3 Å². The van der Waals surface area contributed by atoms with Gasteiger partial charge in [0.1, 0.15) is 22.2 Å². The van der Waals surface area contributed by atoms with Crippen molar-refractivity contribution in [3.05, 3.63) is 35.4 Å². The van der Waals surface area contributed by atoms with E-state index in [1.165, 1.54) is 16.4 Å². The Morgan fingerprint density at radius 3 is 2.50 bits per heavy atom. The van der Waals surface area contributed by atoms with Crippen LogP contribution < -0.4 is 15.8 Å². The molecule has 7 nitrogen and oxygen atoms in total. The zero-order valence-electron chi connectivity index (χ0n) is 14.0. The highest BCUT2D eigenvalue weighted by Gasteiger charge is 2.24. The van der Waals surface area contributed by atoms with E-state index in [-0.39, 0.29) is 11.4 Å². The van der Waals surface area contributed by atoms with Crippen molar-refractivity contribution in [3.63, 3.8) is 0 Å². The van der Waals surface area contributed by atoms with Crippen molar-refractivity contribution >= 4 is 29.4 Å². The zero-order valence-corrected chi connectivity index (χ0v) is 14.8. The number of hydrogen-bond acceptors (Lipinski definition) is 5. The quantitative estimate of drug-likeness (QED) is 0.778. The molecule has 0 radical (unpaired) electrons. The van der Waals surface area contributed by atoms with E-state index in [2.05, 4.69) is 10.4 Å². The number of aryl methyl sites for hydroxylation is 2. The zero-order chi connectivity index (χ0) is 17.9. The lowest BCUT2D eigenvalue weighted by Crippen LogP contribution is -2.31. The molecule has 3 N–H and O–H groups in total. The number of anilines is 1. The molecule has 0 aliphatic rings. The van der Waals surface area contributed by atoms with Crippen LogP contribution in [0.3, 0.4) is 0 Å². The Balaban J connectivity index is 2.15. The van der Waals surface area contributed by atoms with E-state index in [4.69, 9.17) is 10.5 Å². The maximum Gasteiger partial charge on any atom is 0.266 e. The molecule has 0 aliphatic heterocycles. The highest BCUT2D eigenvalue weighted by Crippen LogP contribution is 2.26. The molecule has 1 aromatic carbocycles. The minimum Gasteiger partial charge on any atom is -0.481 e. The van der Waals surface area contributed by atoms with Crippen molar-refractivity contribution in [2.24, 2.45) is 12.8 Å². The summed E-state index contributed by atoms with van der Waals surface area (Å²) < 4.78 is 7.03. The molecular formula is C16H20N4O3S. The molecular weight excluding hydrogens is 328 g/mol. The average molecular weight is 348 g/mol. The number of aromatic nitrogens is 2. The van der Waals surface area contributed by atoms with Crippen LogP contribution in [0.4, 0.5) is 5.82 Å². The van der Waals surface area contributed by atoms with Gasteiger partial charge in [-0.3, -0.25) is 14.3 Å². The SMILES string of the molecule is CSc1nn(C)c(NC(=O)C(C)Oc2ccc(C)cc2)c1C(N)=O. The van der Waals surface area contributed by atoms with Crippen molar-refractivity contribution in [1.82, 2.24) is 9.78 Å². The van der Waals surface area contributed by atoms with E-state index in [0.717, 1.165) is 5.56 Å². The molecule has 8 heteroatoms. The summed E-state index contributed by atoms with van der Waals surface area (Å²) in [6.07, 6.45) is 1.03. The van der Waals surface area contributed by atoms with Crippen molar-refractivity contribution in [3.8, 4) is 5.75 Å². The molecule has 2 amide bonds. The fourth-order valence-corrected chi connectivity index (χ4v) is 2.71. The van der Waals surface area contributed by atoms with Crippen LogP contribution in [-0.4, -0.2) is 34.0 Å². The molecule has 0 saturated carbocycles. The number of nitrogens with one attached hydrogen (secondary N) is 1. The van der Waals surface area contributed by atoms with Gasteiger partial charge in [-0.25, -0.2) is 0 Å². The lowest BCUT2D eigenvalue weighted by molar-refractivity contribution is -0.122. The number of hydrogen-bond donors (Lipinski definition) is 2. The van der Waals surface area contributed by atoms with E-state index in [9.17, 15) is 9.59 Å². The third-order valence-corrected chi connectivity index (χ3v) is 4.07. The van der Waals surface area contributed by atoms with Gasteiger partial charge < -0.3 is 15.8 Å². The van der Waals surface area contributed by atoms with Crippen LogP contribution in [0.1, 0.15) is 22.8 Å². The van der Waals surface area contributed by atoms with E-state index in [1.54, 1.807) is 32.4 Å². The molecule has 1 atom stereocenters. The standard InChI is InChI=1S/C16H20N4O3S/c1-9-5-7-11(8-6-9)23-10(2)15(22)18-14-12(13(17)21)16(24-4)19-20(14)3/h5-8,10H,1-4H3,(H2,17,21)(H,18,22). The molecule has 0 fully saturated rings. The second-order valence-electron chi connectivity index (χ2n) is 5.28. The van der Waals surface area contributed by atoms with Gasteiger partial charge in [-0.2, -0.15) is 5.10 Å². The first-order valence-corrected chi connectivity index (χ1v) is 8.51. The Labute approximate surface area is 144 Å². The number of benzene rings is 1. The first kappa shape index (κ1) is 17.9. The van der Waals surface area contributed by atoms with Gasteiger partial charge in [-0.1, -0.05) is 17.7 Å². The maximum atomic E-state index is 12.4. The van der Waals surface area contributed by atoms with Gasteiger partial charge in [0, 0.05) is 7.05 Å². The monoisotopic (exact) mass is 348 g/mol. The van der Waals surface area contributed by atoms with E-state index in [1.807, 2.05) is 19.1 Å². The van der Waals surface area contributed by atoms with Gasteiger partial charge in [0.05, 0.1) is 0 Å². The Morgan fingerprint density at radius 1 is 1.33 bits per heavy atom. The summed E-state index contributed by atoms with van der Waals surface area (Å²) in [7, 11) is 1.63. The van der Waals surface area contributed by atoms with Gasteiger partial charge in [-0.15, -0.1) is 11.8 Å². The molecule has 1 unspecified atom stereocenters. The lowest BCUT2D eigenvalue weighted by Gasteiger charge is -2.15. The van der Waals surface area contributed by atoms with Gasteiger partial charge in [0.15, 0.2) is 6.10 Å². The van der Waals surface area contributed by atoms with Gasteiger partial charge in [0.2, 0.25) is 0 Å². The average Bonchev–Trinajstić information content (AvgIpc) is 2.85. The third-order valence-electron chi connectivity index (χ3n) is 3.40. The Hall–Kier alpha value is -2.48. The number of nitrogens with zero attached hydrogens (tertiary/aromatic N) is 2. The summed E-state index contributed by atoms with van der Waals surface area (Å²) in [4.78, 5) is 24.0. The highest BCUT2D eigenvalue weighted by atomic mass is 32.2. The number of amides is 2. The molecule has 2 rings (SSSR count). The predicted octanol–water partition coefficient (Wildman–Crippen LogP) is 1.96. The van der Waals surface area contributed by atoms with Crippen LogP contribution in [0.25, 0.3) is 0 Å². The molecule has 0 spiro atoms. The maximum absolute atomic E-state index is 12.4. The van der Waals surface area contributed by atoms with Gasteiger partial charge >= 0.3 is 0 Å². The lowest BCUT2D eigenvalue weighted by atomic mass is 10.2. The second kappa shape index (κ2) is 7.39. The first-order chi connectivity index (χ1) is 11.3. The molecule has 24 heavy (non-hydrogen) atoms. The topological polar surface area (TPSA) is 99.2 Å². The fraction of sp³-hybridized carbons (Fsp3) is 0.312. The van der Waals surface area contributed by atoms with Crippen LogP contribution in [-0.2, 0) is 11.8 Å². The molecule has 0 aliphatic carbocycles. The molecule has 1 aromatic heterocycles. The third kappa shape index (κ3) is 3.88. The number of thioether (sulfide) groups is 1. The normalized spacial score (nSPS) is 11.8. The number of ether oxygens (including phenoxy) is 1. The molecule has 0 bridgehead atoms. The number of nitrogens with two attached hydrogens (primary N) is 1. The fourth-order valence-electron chi connectivity index (χ4n) is 2.10. The van der Waals surface area contributed by atoms with E-state index < -0.39 is 17.9 Å². The Bertz CT molecular complexity index is 755. The molecule has 0 saturated heterocycles. The van der Waals surface area contributed by atoms with Crippen LogP contribution >= 0.6 is 11.8 Å². The largest absolute Gasteiger partial charge is 0.481 e. The van der Waals surface area contributed by atoms with Crippen LogP contribution in [0.2, 0.25) is 0 Å². The number of carbonyl (C=O) groups is 2. The van der Waals surface area contributed by atoms with Gasteiger partial charge in [0.25, 0.3) is 11.8 Å². The summed E-state index contributed by atoms with van der Waals surface area (Å²) in [5.74, 6) is -0.187. The molecule has 1 heterocycles. The highest BCUT2D eigenvalue weighted by molar-refractivity contribution is 7.98. The Kier molecular flexibility index (Phi) is 5.50. The number of rotatable bonds is 6. The number of primary amides is 1. The van der Waals surface area contributed by atoms with Crippen molar-refractivity contribution in [1.29, 1.82) is 0 Å². The van der Waals surface area contributed by atoms with Crippen LogP contribution in [0.5, 0.6) is 5.75 Å². The van der Waals surface area contributed by atoms with Crippen molar-refractivity contribution in [2.75, 3.05) is 11.6 Å². The summed E-state index contributed by atoms with van der Waals surface area (Å²) >= 11 is 1.28.